The molecule has 0 fully saturated rings. The van der Waals surface area contributed by atoms with Gasteiger partial charge in [0.1, 0.15) is 4.88 Å². The van der Waals surface area contributed by atoms with Crippen molar-refractivity contribution in [1.82, 2.24) is 0 Å². The van der Waals surface area contributed by atoms with Gasteiger partial charge in [0.15, 0.2) is 0 Å². The van der Waals surface area contributed by atoms with Crippen LogP contribution in [0.1, 0.15) is 22.2 Å². The van der Waals surface area contributed by atoms with Gasteiger partial charge in [0.05, 0.1) is 6.61 Å². The lowest BCUT2D eigenvalue weighted by Gasteiger charge is -2.10. The molecule has 5 nitrogen and oxygen atoms in total. The second-order valence-corrected chi connectivity index (χ2v) is 8.03. The number of halogens is 1. The maximum atomic E-state index is 12.6. The Morgan fingerprint density at radius 2 is 1.75 bits per heavy atom. The molecule has 146 valence electrons. The van der Waals surface area contributed by atoms with Crippen LogP contribution in [0.5, 0.6) is 0 Å². The van der Waals surface area contributed by atoms with Crippen molar-refractivity contribution in [3.8, 4) is 21.6 Å². The second kappa shape index (κ2) is 8.87. The molecule has 0 aliphatic carbocycles. The Balaban J connectivity index is 2.11. The molecule has 1 N–H and O–H groups in total. The van der Waals surface area contributed by atoms with Crippen molar-refractivity contribution < 1.29 is 18.3 Å². The first kappa shape index (κ1) is 20.5. The van der Waals surface area contributed by atoms with E-state index < -0.39 is 11.3 Å². The number of nitrogens with one attached hydrogen (secondary N) is 1. The molecule has 3 rings (SSSR count). The van der Waals surface area contributed by atoms with Crippen molar-refractivity contribution in [3.63, 3.8) is 0 Å². The van der Waals surface area contributed by atoms with E-state index in [0.717, 1.165) is 27.1 Å². The first-order valence-electron chi connectivity index (χ1n) is 8.43. The number of ether oxygens (including phenoxy) is 1. The predicted molar refractivity (Wildman–Crippen MR) is 113 cm³/mol. The van der Waals surface area contributed by atoms with E-state index in [4.69, 9.17) is 16.3 Å². The zero-order valence-electron chi connectivity index (χ0n) is 15.2. The molecule has 28 heavy (non-hydrogen) atoms. The van der Waals surface area contributed by atoms with Gasteiger partial charge in [0.2, 0.25) is 0 Å². The van der Waals surface area contributed by atoms with Gasteiger partial charge < -0.3 is 14.0 Å². The maximum Gasteiger partial charge on any atom is 0.348 e. The van der Waals surface area contributed by atoms with Crippen LogP contribution < -0.4 is 4.72 Å². The molecule has 1 heterocycles. The molecular weight excluding hydrogens is 418 g/mol. The number of thiophene rings is 1. The standard InChI is InChI=1S/C20H18ClNO4S2/c1-3-26-20(23)19-17(13-6-10-16(11-7-13)22-28(24)25)12(2)18(27-19)14-4-8-15(21)9-5-14/h4-11,22H,3H2,1-2H3,(H,24,25)/p-1. The Bertz CT molecular complexity index is 1010. The highest BCUT2D eigenvalue weighted by molar-refractivity contribution is 7.80. The van der Waals surface area contributed by atoms with Gasteiger partial charge in [0.25, 0.3) is 0 Å². The molecule has 3 aromatic rings. The van der Waals surface area contributed by atoms with E-state index >= 15 is 0 Å². The number of carbonyl (C=O) groups is 1. The van der Waals surface area contributed by atoms with E-state index in [0.29, 0.717) is 15.6 Å². The number of benzene rings is 2. The summed E-state index contributed by atoms with van der Waals surface area (Å²) in [5, 5.41) is 0.641. The average molecular weight is 435 g/mol. The largest absolute Gasteiger partial charge is 0.755 e. The lowest BCUT2D eigenvalue weighted by molar-refractivity contribution is 0.0533. The summed E-state index contributed by atoms with van der Waals surface area (Å²) in [6.45, 7) is 4.00. The molecule has 8 heteroatoms. The van der Waals surface area contributed by atoms with E-state index in [2.05, 4.69) is 4.72 Å². The van der Waals surface area contributed by atoms with Crippen LogP contribution in [0.4, 0.5) is 5.69 Å². The molecule has 2 aromatic carbocycles. The average Bonchev–Trinajstić information content (AvgIpc) is 3.00. The van der Waals surface area contributed by atoms with E-state index in [9.17, 15) is 13.6 Å². The smallest absolute Gasteiger partial charge is 0.348 e. The van der Waals surface area contributed by atoms with Crippen molar-refractivity contribution in [2.75, 3.05) is 11.3 Å². The van der Waals surface area contributed by atoms with Crippen molar-refractivity contribution in [3.05, 3.63) is 64.0 Å². The number of rotatable bonds is 6. The lowest BCUT2D eigenvalue weighted by atomic mass is 9.99. The molecule has 0 bridgehead atoms. The molecule has 1 unspecified atom stereocenters. The van der Waals surface area contributed by atoms with Crippen molar-refractivity contribution >= 4 is 45.9 Å². The summed E-state index contributed by atoms with van der Waals surface area (Å²) in [5.74, 6) is -0.381. The van der Waals surface area contributed by atoms with E-state index in [1.807, 2.05) is 31.2 Å². The van der Waals surface area contributed by atoms with Crippen molar-refractivity contribution in [2.24, 2.45) is 0 Å². The first-order chi connectivity index (χ1) is 13.4. The third-order valence-electron chi connectivity index (χ3n) is 4.09. The molecule has 0 saturated heterocycles. The maximum absolute atomic E-state index is 12.6. The van der Waals surface area contributed by atoms with Gasteiger partial charge in [-0.25, -0.2) is 4.79 Å². The highest BCUT2D eigenvalue weighted by atomic mass is 35.5. The number of hydrogen-bond acceptors (Lipinski definition) is 5. The normalized spacial score (nSPS) is 11.9. The van der Waals surface area contributed by atoms with Crippen LogP contribution in [0.2, 0.25) is 5.02 Å². The van der Waals surface area contributed by atoms with Gasteiger partial charge in [-0.05, 0) is 54.8 Å². The zero-order chi connectivity index (χ0) is 20.3. The second-order valence-electron chi connectivity index (χ2n) is 5.90. The molecule has 1 aromatic heterocycles. The highest BCUT2D eigenvalue weighted by Crippen LogP contribution is 2.42. The Morgan fingerprint density at radius 3 is 2.32 bits per heavy atom. The molecule has 0 amide bonds. The molecule has 0 aliphatic rings. The fourth-order valence-electron chi connectivity index (χ4n) is 2.88. The zero-order valence-corrected chi connectivity index (χ0v) is 17.5. The third-order valence-corrected chi connectivity index (χ3v) is 6.06. The minimum Gasteiger partial charge on any atom is -0.755 e. The molecule has 1 atom stereocenters. The number of esters is 1. The Kier molecular flexibility index (Phi) is 6.51. The summed E-state index contributed by atoms with van der Waals surface area (Å²) in [6, 6.07) is 14.3. The summed E-state index contributed by atoms with van der Waals surface area (Å²) < 4.78 is 29.1. The van der Waals surface area contributed by atoms with Gasteiger partial charge in [-0.3, -0.25) is 4.21 Å². The van der Waals surface area contributed by atoms with E-state index in [-0.39, 0.29) is 12.6 Å². The van der Waals surface area contributed by atoms with Crippen LogP contribution in [-0.4, -0.2) is 21.3 Å². The quantitative estimate of drug-likeness (QED) is 0.414. The summed E-state index contributed by atoms with van der Waals surface area (Å²) >= 11 is 4.97. The van der Waals surface area contributed by atoms with Crippen LogP contribution in [0.15, 0.2) is 48.5 Å². The summed E-state index contributed by atoms with van der Waals surface area (Å²) in [7, 11) is 0. The van der Waals surface area contributed by atoms with Gasteiger partial charge >= 0.3 is 5.97 Å². The molecule has 0 saturated carbocycles. The molecule has 0 spiro atoms. The minimum atomic E-state index is -2.39. The van der Waals surface area contributed by atoms with Gasteiger partial charge in [-0.2, -0.15) is 0 Å². The van der Waals surface area contributed by atoms with E-state index in [1.54, 1.807) is 31.2 Å². The number of anilines is 1. The van der Waals surface area contributed by atoms with Gasteiger partial charge in [0, 0.05) is 32.4 Å². The van der Waals surface area contributed by atoms with Crippen LogP contribution in [0, 0.1) is 6.92 Å². The number of carbonyl (C=O) groups excluding carboxylic acids is 1. The summed E-state index contributed by atoms with van der Waals surface area (Å²) in [6.07, 6.45) is 0. The Labute approximate surface area is 174 Å². The number of hydrogen-bond donors (Lipinski definition) is 1. The topological polar surface area (TPSA) is 78.5 Å². The Hall–Kier alpha value is -2.19. The van der Waals surface area contributed by atoms with Crippen LogP contribution >= 0.6 is 22.9 Å². The van der Waals surface area contributed by atoms with Gasteiger partial charge in [-0.15, -0.1) is 11.3 Å². The van der Waals surface area contributed by atoms with Crippen LogP contribution in [-0.2, 0) is 16.0 Å². The predicted octanol–water partition coefficient (Wildman–Crippen LogP) is 5.43. The van der Waals surface area contributed by atoms with Gasteiger partial charge in [-0.1, -0.05) is 35.9 Å². The first-order valence-corrected chi connectivity index (χ1v) is 10.7. The fourth-order valence-corrected chi connectivity index (χ4v) is 4.56. The van der Waals surface area contributed by atoms with E-state index in [1.165, 1.54) is 11.3 Å². The third kappa shape index (κ3) is 4.44. The molecule has 0 radical (unpaired) electrons. The summed E-state index contributed by atoms with van der Waals surface area (Å²) in [5.41, 5.74) is 3.94. The Morgan fingerprint density at radius 1 is 1.14 bits per heavy atom. The molecule has 0 aliphatic heterocycles. The minimum absolute atomic E-state index is 0.281. The van der Waals surface area contributed by atoms with Crippen molar-refractivity contribution in [2.45, 2.75) is 13.8 Å². The van der Waals surface area contributed by atoms with Crippen LogP contribution in [0.3, 0.4) is 0 Å². The lowest BCUT2D eigenvalue weighted by Crippen LogP contribution is -2.04. The fraction of sp³-hybridized carbons (Fsp3) is 0.150. The van der Waals surface area contributed by atoms with Crippen molar-refractivity contribution in [1.29, 1.82) is 0 Å². The highest BCUT2D eigenvalue weighted by Gasteiger charge is 2.23. The summed E-state index contributed by atoms with van der Waals surface area (Å²) in [4.78, 5) is 14.0. The monoisotopic (exact) mass is 434 g/mol. The molecular formula is C20H17ClNO4S2-. The SMILES string of the molecule is CCOC(=O)c1sc(-c2ccc(Cl)cc2)c(C)c1-c1ccc(NS(=O)[O-])cc1. The van der Waals surface area contributed by atoms with Crippen LogP contribution in [0.25, 0.3) is 21.6 Å².